The molecule has 31 heavy (non-hydrogen) atoms. The Morgan fingerprint density at radius 3 is 2.06 bits per heavy atom. The van der Waals surface area contributed by atoms with Crippen molar-refractivity contribution in [2.75, 3.05) is 20.1 Å². The van der Waals surface area contributed by atoms with Crippen LogP contribution in [0.5, 0.6) is 0 Å². The van der Waals surface area contributed by atoms with Crippen LogP contribution in [0.1, 0.15) is 24.0 Å². The maximum Gasteiger partial charge on any atom is 0.328 e. The van der Waals surface area contributed by atoms with Crippen molar-refractivity contribution in [1.82, 2.24) is 4.90 Å². The highest BCUT2D eigenvalue weighted by atomic mass is 32.2. The standard InChI is InChI=1S/C19H21F2NS.C4H4O4/c1-22-12-10-19(11-13-22,17-4-2-3-5-18(17)21)23-14-15-6-8-16(20)9-7-15;5-3(6)1-2-4(7)8/h2-9H,10-14H2,1H3;1-2H,(H,5,6)(H,7,8)/b;2-1-. The summed E-state index contributed by atoms with van der Waals surface area (Å²) in [6.07, 6.45) is 2.97. The predicted molar refractivity (Wildman–Crippen MR) is 117 cm³/mol. The number of hydrogen-bond donors (Lipinski definition) is 2. The molecular weight excluding hydrogens is 424 g/mol. The van der Waals surface area contributed by atoms with Gasteiger partial charge in [-0.1, -0.05) is 30.3 Å². The molecule has 2 aromatic rings. The number of piperidine rings is 1. The van der Waals surface area contributed by atoms with Gasteiger partial charge in [0.15, 0.2) is 0 Å². The second-order valence-corrected chi connectivity index (χ2v) is 8.56. The fourth-order valence-electron chi connectivity index (χ4n) is 3.25. The van der Waals surface area contributed by atoms with Gasteiger partial charge in [-0.2, -0.15) is 0 Å². The third-order valence-corrected chi connectivity index (χ3v) is 6.61. The average molecular weight is 450 g/mol. The number of rotatable bonds is 6. The van der Waals surface area contributed by atoms with Gasteiger partial charge >= 0.3 is 11.9 Å². The molecule has 0 amide bonds. The number of benzene rings is 2. The minimum Gasteiger partial charge on any atom is -0.478 e. The maximum absolute atomic E-state index is 14.4. The summed E-state index contributed by atoms with van der Waals surface area (Å²) in [7, 11) is 2.11. The maximum atomic E-state index is 14.4. The van der Waals surface area contributed by atoms with Crippen LogP contribution in [0.3, 0.4) is 0 Å². The third-order valence-electron chi connectivity index (χ3n) is 4.96. The number of nitrogens with zero attached hydrogens (tertiary/aromatic N) is 1. The van der Waals surface area contributed by atoms with E-state index >= 15 is 0 Å². The van der Waals surface area contributed by atoms with Gasteiger partial charge in [0.25, 0.3) is 0 Å². The molecule has 0 bridgehead atoms. The average Bonchev–Trinajstić information content (AvgIpc) is 2.74. The van der Waals surface area contributed by atoms with Crippen molar-refractivity contribution in [3.8, 4) is 0 Å². The Morgan fingerprint density at radius 1 is 1.00 bits per heavy atom. The zero-order chi connectivity index (χ0) is 22.9. The fraction of sp³-hybridized carbons (Fsp3) is 0.304. The van der Waals surface area contributed by atoms with Crippen molar-refractivity contribution < 1.29 is 28.6 Å². The van der Waals surface area contributed by atoms with Crippen LogP contribution >= 0.6 is 11.8 Å². The van der Waals surface area contributed by atoms with Crippen molar-refractivity contribution in [2.24, 2.45) is 0 Å². The Balaban J connectivity index is 0.000000366. The first kappa shape index (κ1) is 24.6. The molecule has 0 aromatic heterocycles. The molecule has 0 unspecified atom stereocenters. The molecule has 0 aliphatic carbocycles. The van der Waals surface area contributed by atoms with E-state index < -0.39 is 11.9 Å². The SMILES string of the molecule is CN1CCC(SCc2ccc(F)cc2)(c2ccccc2F)CC1.O=C(O)/C=C\C(=O)O. The monoisotopic (exact) mass is 449 g/mol. The topological polar surface area (TPSA) is 77.8 Å². The van der Waals surface area contributed by atoms with Crippen LogP contribution in [0.4, 0.5) is 8.78 Å². The summed E-state index contributed by atoms with van der Waals surface area (Å²) < 4.78 is 27.3. The van der Waals surface area contributed by atoms with Crippen LogP contribution in [-0.2, 0) is 20.1 Å². The van der Waals surface area contributed by atoms with Crippen molar-refractivity contribution in [3.05, 3.63) is 83.4 Å². The Hall–Kier alpha value is -2.71. The summed E-state index contributed by atoms with van der Waals surface area (Å²) in [5.74, 6) is -2.09. The number of hydrogen-bond acceptors (Lipinski definition) is 4. The van der Waals surface area contributed by atoms with E-state index in [0.717, 1.165) is 42.8 Å². The highest BCUT2D eigenvalue weighted by Crippen LogP contribution is 2.47. The Labute approximate surface area is 184 Å². The van der Waals surface area contributed by atoms with Gasteiger partial charge in [0, 0.05) is 28.2 Å². The van der Waals surface area contributed by atoms with Crippen LogP contribution in [-0.4, -0.2) is 47.2 Å². The van der Waals surface area contributed by atoms with Crippen LogP contribution in [0, 0.1) is 11.6 Å². The van der Waals surface area contributed by atoms with E-state index in [1.807, 2.05) is 24.3 Å². The van der Waals surface area contributed by atoms with Crippen LogP contribution in [0.25, 0.3) is 0 Å². The first-order valence-corrected chi connectivity index (χ1v) is 10.7. The lowest BCUT2D eigenvalue weighted by atomic mass is 9.88. The second-order valence-electron chi connectivity index (χ2n) is 7.20. The molecule has 2 aromatic carbocycles. The van der Waals surface area contributed by atoms with Gasteiger partial charge in [-0.05, 0) is 56.7 Å². The summed E-state index contributed by atoms with van der Waals surface area (Å²) in [5.41, 5.74) is 1.88. The zero-order valence-electron chi connectivity index (χ0n) is 17.1. The number of likely N-dealkylation sites (tertiary alicyclic amines) is 1. The van der Waals surface area contributed by atoms with E-state index in [-0.39, 0.29) is 16.4 Å². The zero-order valence-corrected chi connectivity index (χ0v) is 17.9. The van der Waals surface area contributed by atoms with E-state index in [4.69, 9.17) is 10.2 Å². The quantitative estimate of drug-likeness (QED) is 0.631. The number of thioether (sulfide) groups is 1. The number of aliphatic carboxylic acids is 2. The van der Waals surface area contributed by atoms with Gasteiger partial charge in [-0.3, -0.25) is 0 Å². The highest BCUT2D eigenvalue weighted by Gasteiger charge is 2.37. The van der Waals surface area contributed by atoms with Crippen LogP contribution in [0.2, 0.25) is 0 Å². The molecule has 1 aliphatic rings. The minimum absolute atomic E-state index is 0.122. The van der Waals surface area contributed by atoms with Crippen molar-refractivity contribution in [2.45, 2.75) is 23.3 Å². The van der Waals surface area contributed by atoms with Crippen LogP contribution in [0.15, 0.2) is 60.7 Å². The molecule has 166 valence electrons. The summed E-state index contributed by atoms with van der Waals surface area (Å²) in [6, 6.07) is 13.7. The van der Waals surface area contributed by atoms with Gasteiger partial charge in [-0.15, -0.1) is 11.8 Å². The smallest absolute Gasteiger partial charge is 0.328 e. The molecule has 0 atom stereocenters. The molecule has 8 heteroatoms. The summed E-state index contributed by atoms with van der Waals surface area (Å²) in [6.45, 7) is 1.93. The van der Waals surface area contributed by atoms with Gasteiger partial charge in [-0.25, -0.2) is 18.4 Å². The van der Waals surface area contributed by atoms with Gasteiger partial charge < -0.3 is 15.1 Å². The summed E-state index contributed by atoms with van der Waals surface area (Å²) >= 11 is 1.78. The lowest BCUT2D eigenvalue weighted by Gasteiger charge is -2.41. The number of carbonyl (C=O) groups is 2. The summed E-state index contributed by atoms with van der Waals surface area (Å²) in [5, 5.41) is 15.6. The lowest BCUT2D eigenvalue weighted by molar-refractivity contribution is -0.134. The van der Waals surface area contributed by atoms with Gasteiger partial charge in [0.05, 0.1) is 0 Å². The Bertz CT molecular complexity index is 894. The first-order valence-electron chi connectivity index (χ1n) is 9.68. The van der Waals surface area contributed by atoms with E-state index in [1.165, 1.54) is 12.1 Å². The normalized spacial score (nSPS) is 15.8. The van der Waals surface area contributed by atoms with E-state index in [9.17, 15) is 18.4 Å². The molecule has 1 fully saturated rings. The minimum atomic E-state index is -1.26. The van der Waals surface area contributed by atoms with Crippen molar-refractivity contribution in [1.29, 1.82) is 0 Å². The molecule has 3 rings (SSSR count). The Morgan fingerprint density at radius 2 is 1.55 bits per heavy atom. The van der Waals surface area contributed by atoms with E-state index in [0.29, 0.717) is 12.2 Å². The first-order chi connectivity index (χ1) is 14.7. The molecular formula is C23H25F2NO4S. The summed E-state index contributed by atoms with van der Waals surface area (Å²) in [4.78, 5) is 21.4. The van der Waals surface area contributed by atoms with Crippen LogP contribution < -0.4 is 0 Å². The lowest BCUT2D eigenvalue weighted by Crippen LogP contribution is -2.39. The number of halogens is 2. The molecule has 1 saturated heterocycles. The van der Waals surface area contributed by atoms with Gasteiger partial charge in [0.2, 0.25) is 0 Å². The van der Waals surface area contributed by atoms with Crippen molar-refractivity contribution >= 4 is 23.7 Å². The number of carboxylic acids is 2. The Kier molecular flexibility index (Phi) is 9.21. The molecule has 2 N–H and O–H groups in total. The molecule has 5 nitrogen and oxygen atoms in total. The van der Waals surface area contributed by atoms with E-state index in [2.05, 4.69) is 11.9 Å². The fourth-order valence-corrected chi connectivity index (χ4v) is 4.67. The van der Waals surface area contributed by atoms with Crippen molar-refractivity contribution in [3.63, 3.8) is 0 Å². The number of carboxylic acid groups (broad SMARTS) is 2. The predicted octanol–water partition coefficient (Wildman–Crippen LogP) is 4.53. The molecule has 0 radical (unpaired) electrons. The molecule has 1 aliphatic heterocycles. The second kappa shape index (κ2) is 11.6. The largest absolute Gasteiger partial charge is 0.478 e. The third kappa shape index (κ3) is 7.80. The van der Waals surface area contributed by atoms with Gasteiger partial charge in [0.1, 0.15) is 11.6 Å². The molecule has 0 saturated carbocycles. The highest BCUT2D eigenvalue weighted by molar-refractivity contribution is 7.99. The molecule has 1 heterocycles. The molecule has 0 spiro atoms. The van der Waals surface area contributed by atoms with E-state index in [1.54, 1.807) is 23.9 Å².